The van der Waals surface area contributed by atoms with Crippen LogP contribution in [0.1, 0.15) is 71.6 Å². The van der Waals surface area contributed by atoms with Gasteiger partial charge < -0.3 is 9.84 Å². The molecule has 1 N–H and O–H groups in total. The van der Waals surface area contributed by atoms with Gasteiger partial charge in [-0.05, 0) is 44.2 Å². The monoisotopic (exact) mass is 416 g/mol. The summed E-state index contributed by atoms with van der Waals surface area (Å²) >= 11 is 0. The van der Waals surface area contributed by atoms with Crippen LogP contribution in [0.4, 0.5) is 0 Å². The molecule has 162 valence electrons. The zero-order valence-electron chi connectivity index (χ0n) is 19.1. The summed E-state index contributed by atoms with van der Waals surface area (Å²) in [5.74, 6) is 2.80. The highest BCUT2D eigenvalue weighted by Gasteiger charge is 2.41. The number of ether oxygens (including phenoxy) is 1. The van der Waals surface area contributed by atoms with Gasteiger partial charge in [0, 0.05) is 17.9 Å². The lowest BCUT2D eigenvalue weighted by Gasteiger charge is -2.23. The largest absolute Gasteiger partial charge is 0.504 e. The molecule has 0 heterocycles. The van der Waals surface area contributed by atoms with Crippen LogP contribution >= 0.6 is 0 Å². The van der Waals surface area contributed by atoms with Gasteiger partial charge in [0.25, 0.3) is 0 Å². The average molecular weight is 417 g/mol. The quantitative estimate of drug-likeness (QED) is 0.124. The van der Waals surface area contributed by atoms with Crippen LogP contribution in [-0.2, 0) is 9.53 Å². The number of hydrogen-bond acceptors (Lipinski definition) is 3. The molecule has 1 aliphatic carbocycles. The number of carbonyl (C=O) groups excluding carboxylic acids is 1. The predicted octanol–water partition coefficient (Wildman–Crippen LogP) is 6.89. The fourth-order valence-electron chi connectivity index (χ4n) is 3.66. The van der Waals surface area contributed by atoms with Crippen molar-refractivity contribution in [3.05, 3.63) is 34.8 Å². The van der Waals surface area contributed by atoms with Crippen molar-refractivity contribution >= 4 is 13.9 Å². The molecule has 0 spiro atoms. The van der Waals surface area contributed by atoms with E-state index in [1.54, 1.807) is 0 Å². The van der Waals surface area contributed by atoms with Crippen molar-refractivity contribution in [2.45, 2.75) is 91.3 Å². The Morgan fingerprint density at radius 2 is 1.79 bits per heavy atom. The fourth-order valence-corrected chi connectivity index (χ4v) is 5.66. The van der Waals surface area contributed by atoms with Crippen molar-refractivity contribution < 1.29 is 14.6 Å². The maximum absolute atomic E-state index is 12.8. The number of rotatable bonds is 12. The van der Waals surface area contributed by atoms with Crippen LogP contribution in [0.3, 0.4) is 0 Å². The summed E-state index contributed by atoms with van der Waals surface area (Å²) < 4.78 is 5.02. The minimum Gasteiger partial charge on any atom is -0.504 e. The second-order valence-electron chi connectivity index (χ2n) is 8.71. The maximum Gasteiger partial charge on any atom is 0.223 e. The molecule has 0 bridgehead atoms. The predicted molar refractivity (Wildman–Crippen MR) is 125 cm³/mol. The van der Waals surface area contributed by atoms with Crippen molar-refractivity contribution in [2.75, 3.05) is 6.61 Å². The van der Waals surface area contributed by atoms with E-state index in [9.17, 15) is 9.90 Å². The number of aliphatic hydroxyl groups excluding tert-OH is 1. The zero-order valence-corrected chi connectivity index (χ0v) is 20.1. The Balaban J connectivity index is 2.78. The van der Waals surface area contributed by atoms with E-state index in [1.165, 1.54) is 25.7 Å². The van der Waals surface area contributed by atoms with Crippen LogP contribution in [0, 0.1) is 17.9 Å². The van der Waals surface area contributed by atoms with E-state index >= 15 is 0 Å². The van der Waals surface area contributed by atoms with E-state index in [1.807, 2.05) is 13.0 Å². The number of allylic oxidation sites excluding steroid dienone is 5. The second-order valence-corrected chi connectivity index (χ2v) is 13.8. The van der Waals surface area contributed by atoms with E-state index in [2.05, 4.69) is 50.7 Å². The topological polar surface area (TPSA) is 46.5 Å². The van der Waals surface area contributed by atoms with E-state index in [-0.39, 0.29) is 17.5 Å². The molecule has 1 atom stereocenters. The number of unbranched alkanes of at least 4 members (excludes halogenated alkanes) is 7. The van der Waals surface area contributed by atoms with Crippen LogP contribution in [0.2, 0.25) is 19.6 Å². The summed E-state index contributed by atoms with van der Waals surface area (Å²) in [7, 11) is -1.80. The third-order valence-corrected chi connectivity index (χ3v) is 7.31. The van der Waals surface area contributed by atoms with Crippen molar-refractivity contribution in [1.29, 1.82) is 0 Å². The second kappa shape index (κ2) is 13.5. The Morgan fingerprint density at radius 3 is 2.45 bits per heavy atom. The maximum atomic E-state index is 12.8. The van der Waals surface area contributed by atoms with Crippen molar-refractivity contribution in [3.8, 4) is 12.0 Å². The Labute approximate surface area is 179 Å². The normalized spacial score (nSPS) is 18.6. The van der Waals surface area contributed by atoms with Gasteiger partial charge >= 0.3 is 0 Å². The third-order valence-electron chi connectivity index (χ3n) is 5.15. The van der Waals surface area contributed by atoms with Gasteiger partial charge in [-0.2, -0.15) is 0 Å². The molecule has 0 aromatic carbocycles. The first kappa shape index (κ1) is 25.3. The molecule has 3 nitrogen and oxygen atoms in total. The molecule has 29 heavy (non-hydrogen) atoms. The van der Waals surface area contributed by atoms with Gasteiger partial charge in [0.05, 0.1) is 14.7 Å². The summed E-state index contributed by atoms with van der Waals surface area (Å²) in [6, 6.07) is 0. The molecule has 0 amide bonds. The molecule has 1 aliphatic rings. The van der Waals surface area contributed by atoms with E-state index in [4.69, 9.17) is 4.74 Å². The molecule has 1 rings (SSSR count). The summed E-state index contributed by atoms with van der Waals surface area (Å²) in [4.78, 5) is 12.8. The first-order valence-electron chi connectivity index (χ1n) is 11.3. The van der Waals surface area contributed by atoms with E-state index in [0.717, 1.165) is 42.9 Å². The lowest BCUT2D eigenvalue weighted by Crippen LogP contribution is -2.28. The number of aliphatic hydroxyl groups is 1. The SMILES string of the molecule is CCCCCC/C=C/C1C([Si](C)(C)C)=C(O)C(=O)/C1=C\CCCCC#COCC. The van der Waals surface area contributed by atoms with Crippen LogP contribution in [0.25, 0.3) is 0 Å². The van der Waals surface area contributed by atoms with Gasteiger partial charge in [0.15, 0.2) is 5.76 Å². The Bertz CT molecular complexity index is 668. The van der Waals surface area contributed by atoms with Crippen molar-refractivity contribution in [2.24, 2.45) is 5.92 Å². The highest BCUT2D eigenvalue weighted by molar-refractivity contribution is 6.84. The molecule has 4 heteroatoms. The van der Waals surface area contributed by atoms with Crippen molar-refractivity contribution in [1.82, 2.24) is 0 Å². The molecule has 0 aliphatic heterocycles. The molecular weight excluding hydrogens is 376 g/mol. The third kappa shape index (κ3) is 8.66. The van der Waals surface area contributed by atoms with Gasteiger partial charge in [0.2, 0.25) is 5.78 Å². The summed E-state index contributed by atoms with van der Waals surface area (Å²) in [5.41, 5.74) is 0.769. The lowest BCUT2D eigenvalue weighted by molar-refractivity contribution is -0.114. The van der Waals surface area contributed by atoms with Crippen LogP contribution in [0.5, 0.6) is 0 Å². The lowest BCUT2D eigenvalue weighted by atomic mass is 9.98. The fraction of sp³-hybridized carbons (Fsp3) is 0.640. The van der Waals surface area contributed by atoms with E-state index in [0.29, 0.717) is 6.61 Å². The summed E-state index contributed by atoms with van der Waals surface area (Å²) in [6.07, 6.45) is 18.7. The smallest absolute Gasteiger partial charge is 0.223 e. The minimum absolute atomic E-state index is 0.0126. The number of carbonyl (C=O) groups is 1. The first-order chi connectivity index (χ1) is 13.8. The van der Waals surface area contributed by atoms with Gasteiger partial charge in [-0.3, -0.25) is 4.79 Å². The van der Waals surface area contributed by atoms with Crippen LogP contribution in [-0.4, -0.2) is 25.6 Å². The minimum atomic E-state index is -1.80. The average Bonchev–Trinajstić information content (AvgIpc) is 2.91. The van der Waals surface area contributed by atoms with Crippen LogP contribution < -0.4 is 0 Å². The molecule has 0 saturated carbocycles. The standard InChI is InChI=1S/C25H40O3Si/c1-6-8-9-10-12-16-19-22-21(18-15-13-11-14-17-20-28-7-2)23(26)24(27)25(22)29(3,4)5/h16,18-19,22,27H,6-15H2,1-5H3/b19-16+,21-18-. The van der Waals surface area contributed by atoms with Gasteiger partial charge in [-0.15, -0.1) is 0 Å². The number of ketones is 1. The Morgan fingerprint density at radius 1 is 1.07 bits per heavy atom. The zero-order chi connectivity index (χ0) is 21.7. The molecule has 1 unspecified atom stereocenters. The highest BCUT2D eigenvalue weighted by Crippen LogP contribution is 2.39. The van der Waals surface area contributed by atoms with Gasteiger partial charge in [-0.1, -0.05) is 70.0 Å². The summed E-state index contributed by atoms with van der Waals surface area (Å²) in [5, 5.41) is 11.6. The Hall–Kier alpha value is -1.73. The Kier molecular flexibility index (Phi) is 11.8. The number of hydrogen-bond donors (Lipinski definition) is 1. The number of Topliss-reactive ketones (excluding diaryl/α,β-unsaturated/α-hetero) is 1. The van der Waals surface area contributed by atoms with E-state index < -0.39 is 8.07 Å². The van der Waals surface area contributed by atoms with Crippen molar-refractivity contribution in [3.63, 3.8) is 0 Å². The molecular formula is C25H40O3Si. The summed E-state index contributed by atoms with van der Waals surface area (Å²) in [6.45, 7) is 11.4. The molecule has 0 aromatic rings. The molecule has 0 radical (unpaired) electrons. The molecule has 0 saturated heterocycles. The van der Waals surface area contributed by atoms with Gasteiger partial charge in [-0.25, -0.2) is 0 Å². The molecule has 0 fully saturated rings. The molecule has 0 aromatic heterocycles. The van der Waals surface area contributed by atoms with Crippen LogP contribution in [0.15, 0.2) is 34.8 Å². The van der Waals surface area contributed by atoms with Gasteiger partial charge in [0.1, 0.15) is 6.11 Å². The first-order valence-corrected chi connectivity index (χ1v) is 14.8. The highest BCUT2D eigenvalue weighted by atomic mass is 28.3.